The summed E-state index contributed by atoms with van der Waals surface area (Å²) in [5.41, 5.74) is 4.85. The van der Waals surface area contributed by atoms with Crippen LogP contribution in [0.4, 0.5) is 5.69 Å². The van der Waals surface area contributed by atoms with E-state index in [9.17, 15) is 4.79 Å². The number of halogens is 2. The first-order chi connectivity index (χ1) is 11.4. The van der Waals surface area contributed by atoms with Gasteiger partial charge < -0.3 is 10.2 Å². The van der Waals surface area contributed by atoms with Crippen molar-refractivity contribution in [2.75, 3.05) is 18.9 Å². The predicted octanol–water partition coefficient (Wildman–Crippen LogP) is 5.04. The summed E-state index contributed by atoms with van der Waals surface area (Å²) in [4.78, 5) is 15.0. The summed E-state index contributed by atoms with van der Waals surface area (Å²) in [7, 11) is 2.09. The van der Waals surface area contributed by atoms with E-state index in [1.807, 2.05) is 43.3 Å². The fourth-order valence-corrected chi connectivity index (χ4v) is 3.61. The van der Waals surface area contributed by atoms with Crippen LogP contribution in [-0.2, 0) is 13.0 Å². The minimum atomic E-state index is -0.120. The van der Waals surface area contributed by atoms with Crippen molar-refractivity contribution in [2.45, 2.75) is 24.7 Å². The molecular weight excluding hydrogens is 388 g/mol. The summed E-state index contributed by atoms with van der Waals surface area (Å²) in [6.45, 7) is 3.90. The monoisotopic (exact) mass is 406 g/mol. The lowest BCUT2D eigenvalue weighted by molar-refractivity contribution is 0.102. The number of nitrogens with one attached hydrogen (secondary N) is 1. The van der Waals surface area contributed by atoms with Gasteiger partial charge in [-0.1, -0.05) is 39.7 Å². The molecule has 2 aromatic rings. The van der Waals surface area contributed by atoms with Gasteiger partial charge >= 0.3 is 0 Å². The zero-order valence-corrected chi connectivity index (χ0v) is 16.1. The van der Waals surface area contributed by atoms with Crippen molar-refractivity contribution in [3.63, 3.8) is 0 Å². The number of hydrogen-bond donors (Lipinski definition) is 1. The third-order valence-electron chi connectivity index (χ3n) is 4.34. The van der Waals surface area contributed by atoms with Crippen LogP contribution in [0, 0.1) is 0 Å². The molecule has 24 heavy (non-hydrogen) atoms. The van der Waals surface area contributed by atoms with E-state index >= 15 is 0 Å². The first kappa shape index (κ1) is 17.5. The van der Waals surface area contributed by atoms with Crippen LogP contribution in [0.1, 0.15) is 38.8 Å². The Balaban J connectivity index is 1.83. The van der Waals surface area contributed by atoms with Crippen LogP contribution >= 0.6 is 27.5 Å². The Bertz CT molecular complexity index is 776. The van der Waals surface area contributed by atoms with Crippen LogP contribution in [0.25, 0.3) is 0 Å². The number of nitrogens with zero attached hydrogens (tertiary/aromatic N) is 1. The number of carbonyl (C=O) groups is 1. The Morgan fingerprint density at radius 3 is 2.88 bits per heavy atom. The minimum Gasteiger partial charge on any atom is -0.322 e. The molecule has 1 amide bonds. The van der Waals surface area contributed by atoms with Crippen molar-refractivity contribution in [3.8, 4) is 0 Å². The molecule has 0 saturated heterocycles. The molecule has 0 saturated carbocycles. The maximum absolute atomic E-state index is 12.6. The minimum absolute atomic E-state index is 0.120. The van der Waals surface area contributed by atoms with Crippen molar-refractivity contribution in [1.29, 1.82) is 0 Å². The molecule has 1 unspecified atom stereocenters. The third-order valence-corrected chi connectivity index (χ3v) is 5.20. The number of alkyl halides is 1. The van der Waals surface area contributed by atoms with Crippen molar-refractivity contribution >= 4 is 39.1 Å². The zero-order chi connectivity index (χ0) is 17.3. The van der Waals surface area contributed by atoms with Gasteiger partial charge in [-0.3, -0.25) is 4.79 Å². The molecule has 1 N–H and O–H groups in total. The standard InChI is InChI=1S/C19H20BrClN2O/c1-12(20)13-4-3-5-14(8-13)19(24)22-16-9-15-11-23(2)7-6-17(15)18(21)10-16/h3-5,8-10,12H,6-7,11H2,1-2H3,(H,22,24). The highest BCUT2D eigenvalue weighted by molar-refractivity contribution is 9.09. The molecule has 0 aromatic heterocycles. The maximum atomic E-state index is 12.6. The number of hydrogen-bond acceptors (Lipinski definition) is 2. The van der Waals surface area contributed by atoms with E-state index in [-0.39, 0.29) is 10.7 Å². The average Bonchev–Trinajstić information content (AvgIpc) is 2.54. The van der Waals surface area contributed by atoms with Crippen LogP contribution in [0.15, 0.2) is 36.4 Å². The van der Waals surface area contributed by atoms with E-state index in [4.69, 9.17) is 11.6 Å². The summed E-state index contributed by atoms with van der Waals surface area (Å²) in [5, 5.41) is 3.71. The van der Waals surface area contributed by atoms with Gasteiger partial charge in [-0.05, 0) is 61.3 Å². The van der Waals surface area contributed by atoms with Crippen molar-refractivity contribution < 1.29 is 4.79 Å². The third kappa shape index (κ3) is 3.82. The van der Waals surface area contributed by atoms with Gasteiger partial charge in [0.15, 0.2) is 0 Å². The maximum Gasteiger partial charge on any atom is 0.255 e. The molecule has 1 heterocycles. The molecule has 126 valence electrons. The quantitative estimate of drug-likeness (QED) is 0.723. The smallest absolute Gasteiger partial charge is 0.255 e. The molecule has 3 nitrogen and oxygen atoms in total. The van der Waals surface area contributed by atoms with E-state index in [1.165, 1.54) is 11.1 Å². The van der Waals surface area contributed by atoms with Gasteiger partial charge in [-0.2, -0.15) is 0 Å². The summed E-state index contributed by atoms with van der Waals surface area (Å²) >= 11 is 9.95. The van der Waals surface area contributed by atoms with Crippen molar-refractivity contribution in [3.05, 3.63) is 63.7 Å². The highest BCUT2D eigenvalue weighted by atomic mass is 79.9. The Kier molecular flexibility index (Phi) is 5.28. The van der Waals surface area contributed by atoms with Crippen LogP contribution in [0.2, 0.25) is 5.02 Å². The number of likely N-dealkylation sites (N-methyl/N-ethyl adjacent to an activating group) is 1. The summed E-state index contributed by atoms with van der Waals surface area (Å²) < 4.78 is 0. The van der Waals surface area contributed by atoms with Crippen LogP contribution < -0.4 is 5.32 Å². The van der Waals surface area contributed by atoms with Crippen LogP contribution in [-0.4, -0.2) is 24.4 Å². The van der Waals surface area contributed by atoms with Gasteiger partial charge in [0.05, 0.1) is 0 Å². The molecule has 1 aliphatic rings. The normalized spacial score (nSPS) is 15.7. The second-order valence-corrected chi connectivity index (χ2v) is 8.06. The number of carbonyl (C=O) groups excluding carboxylic acids is 1. The summed E-state index contributed by atoms with van der Waals surface area (Å²) in [5.74, 6) is -0.120. The average molecular weight is 408 g/mol. The van der Waals surface area contributed by atoms with Crippen LogP contribution in [0.5, 0.6) is 0 Å². The molecule has 1 atom stereocenters. The topological polar surface area (TPSA) is 32.3 Å². The molecule has 0 aliphatic carbocycles. The van der Waals surface area contributed by atoms with E-state index in [0.717, 1.165) is 35.8 Å². The van der Waals surface area contributed by atoms with Gasteiger partial charge in [0.2, 0.25) is 0 Å². The Labute approximate surface area is 156 Å². The number of benzene rings is 2. The van der Waals surface area contributed by atoms with E-state index in [2.05, 4.69) is 33.2 Å². The van der Waals surface area contributed by atoms with Gasteiger partial charge in [0, 0.05) is 34.2 Å². The Morgan fingerprint density at radius 1 is 1.33 bits per heavy atom. The first-order valence-electron chi connectivity index (χ1n) is 7.99. The molecule has 0 fully saturated rings. The summed E-state index contributed by atoms with van der Waals surface area (Å²) in [6, 6.07) is 11.5. The lowest BCUT2D eigenvalue weighted by Crippen LogP contribution is -2.27. The molecule has 0 spiro atoms. The van der Waals surface area contributed by atoms with Gasteiger partial charge in [-0.15, -0.1) is 0 Å². The number of rotatable bonds is 3. The fourth-order valence-electron chi connectivity index (χ4n) is 2.99. The molecular formula is C19H20BrClN2O. The molecule has 1 aliphatic heterocycles. The van der Waals surface area contributed by atoms with E-state index in [1.54, 1.807) is 0 Å². The lowest BCUT2D eigenvalue weighted by atomic mass is 9.99. The van der Waals surface area contributed by atoms with Crippen molar-refractivity contribution in [2.24, 2.45) is 0 Å². The van der Waals surface area contributed by atoms with Gasteiger partial charge in [0.1, 0.15) is 0 Å². The first-order valence-corrected chi connectivity index (χ1v) is 9.28. The number of amides is 1. The van der Waals surface area contributed by atoms with E-state index in [0.29, 0.717) is 5.56 Å². The number of fused-ring (bicyclic) bond motifs is 1. The highest BCUT2D eigenvalue weighted by Gasteiger charge is 2.18. The van der Waals surface area contributed by atoms with Gasteiger partial charge in [-0.25, -0.2) is 0 Å². The molecule has 0 radical (unpaired) electrons. The van der Waals surface area contributed by atoms with Crippen molar-refractivity contribution in [1.82, 2.24) is 4.90 Å². The molecule has 3 rings (SSSR count). The SMILES string of the molecule is CC(Br)c1cccc(C(=O)Nc2cc(Cl)c3c(c2)CN(C)CC3)c1. The second-order valence-electron chi connectivity index (χ2n) is 6.28. The molecule has 0 bridgehead atoms. The highest BCUT2D eigenvalue weighted by Crippen LogP contribution is 2.30. The van der Waals surface area contributed by atoms with E-state index < -0.39 is 0 Å². The lowest BCUT2D eigenvalue weighted by Gasteiger charge is -2.26. The fraction of sp³-hybridized carbons (Fsp3) is 0.316. The predicted molar refractivity (Wildman–Crippen MR) is 103 cm³/mol. The molecule has 2 aromatic carbocycles. The second kappa shape index (κ2) is 7.26. The zero-order valence-electron chi connectivity index (χ0n) is 13.8. The number of anilines is 1. The molecule has 5 heteroatoms. The van der Waals surface area contributed by atoms with Crippen LogP contribution in [0.3, 0.4) is 0 Å². The Morgan fingerprint density at radius 2 is 2.12 bits per heavy atom. The van der Waals surface area contributed by atoms with Gasteiger partial charge in [0.25, 0.3) is 5.91 Å². The summed E-state index contributed by atoms with van der Waals surface area (Å²) in [6.07, 6.45) is 0.948. The largest absolute Gasteiger partial charge is 0.322 e. The Hall–Kier alpha value is -1.36.